The summed E-state index contributed by atoms with van der Waals surface area (Å²) < 4.78 is 5.37. The molecule has 1 N–H and O–H groups in total. The summed E-state index contributed by atoms with van der Waals surface area (Å²) in [5.41, 5.74) is 1.21. The molecule has 1 aliphatic rings. The fraction of sp³-hybridized carbons (Fsp3) is 0.647. The van der Waals surface area contributed by atoms with Crippen LogP contribution < -0.4 is 15.0 Å². The van der Waals surface area contributed by atoms with Gasteiger partial charge in [-0.05, 0) is 24.5 Å². The summed E-state index contributed by atoms with van der Waals surface area (Å²) in [5, 5.41) is 4.38. The maximum absolute atomic E-state index is 6.15. The van der Waals surface area contributed by atoms with Gasteiger partial charge in [-0.3, -0.25) is 0 Å². The Morgan fingerprint density at radius 3 is 2.81 bits per heavy atom. The van der Waals surface area contributed by atoms with Crippen LogP contribution in [-0.4, -0.2) is 32.3 Å². The molecule has 0 spiro atoms. The number of hydrogen-bond donors (Lipinski definition) is 1. The fourth-order valence-electron chi connectivity index (χ4n) is 3.00. The van der Waals surface area contributed by atoms with Gasteiger partial charge >= 0.3 is 0 Å². The lowest BCUT2D eigenvalue weighted by Gasteiger charge is -2.43. The van der Waals surface area contributed by atoms with Crippen molar-refractivity contribution in [2.45, 2.75) is 45.7 Å². The van der Waals surface area contributed by atoms with Gasteiger partial charge in [-0.2, -0.15) is 0 Å². The number of benzene rings is 1. The first-order chi connectivity index (χ1) is 10.1. The van der Waals surface area contributed by atoms with Crippen molar-refractivity contribution < 1.29 is 4.74 Å². The minimum atomic E-state index is 0.524. The van der Waals surface area contributed by atoms with E-state index in [0.29, 0.717) is 23.0 Å². The van der Waals surface area contributed by atoms with Crippen molar-refractivity contribution in [2.75, 3.05) is 25.1 Å². The van der Waals surface area contributed by atoms with Crippen LogP contribution in [0.4, 0.5) is 5.69 Å². The molecular weight excluding hydrogens is 284 g/mol. The third-order valence-corrected chi connectivity index (χ3v) is 5.03. The number of anilines is 1. The molecule has 1 aromatic carbocycles. The van der Waals surface area contributed by atoms with Crippen LogP contribution in [0.2, 0.25) is 5.02 Å². The van der Waals surface area contributed by atoms with E-state index < -0.39 is 0 Å². The molecule has 1 saturated heterocycles. The fourth-order valence-corrected chi connectivity index (χ4v) is 3.19. The lowest BCUT2D eigenvalue weighted by molar-refractivity contribution is 0.306. The molecule has 2 rings (SSSR count). The van der Waals surface area contributed by atoms with Gasteiger partial charge in [-0.1, -0.05) is 38.8 Å². The maximum Gasteiger partial charge on any atom is 0.139 e. The van der Waals surface area contributed by atoms with Crippen molar-refractivity contribution in [3.05, 3.63) is 23.2 Å². The summed E-state index contributed by atoms with van der Waals surface area (Å²) in [7, 11) is 1.67. The summed E-state index contributed by atoms with van der Waals surface area (Å²) in [5.74, 6) is 1.43. The summed E-state index contributed by atoms with van der Waals surface area (Å²) in [4.78, 5) is 2.51. The van der Waals surface area contributed by atoms with E-state index in [1.807, 2.05) is 6.07 Å². The normalized spacial score (nSPS) is 24.0. The molecule has 0 amide bonds. The topological polar surface area (TPSA) is 24.5 Å². The highest BCUT2D eigenvalue weighted by molar-refractivity contribution is 6.32. The Kier molecular flexibility index (Phi) is 5.77. The van der Waals surface area contributed by atoms with Crippen molar-refractivity contribution in [3.63, 3.8) is 0 Å². The Balaban J connectivity index is 2.24. The van der Waals surface area contributed by atoms with E-state index in [9.17, 15) is 0 Å². The number of piperazine rings is 1. The number of halogens is 1. The van der Waals surface area contributed by atoms with Crippen LogP contribution in [0.25, 0.3) is 0 Å². The summed E-state index contributed by atoms with van der Waals surface area (Å²) in [6.45, 7) is 8.91. The van der Waals surface area contributed by atoms with E-state index in [-0.39, 0.29) is 0 Å². The Morgan fingerprint density at radius 1 is 1.43 bits per heavy atom. The molecule has 1 aromatic rings. The van der Waals surface area contributed by atoms with Gasteiger partial charge in [0.15, 0.2) is 0 Å². The third-order valence-electron chi connectivity index (χ3n) is 4.72. The average molecular weight is 311 g/mol. The Morgan fingerprint density at radius 2 is 2.19 bits per heavy atom. The first-order valence-electron chi connectivity index (χ1n) is 7.94. The van der Waals surface area contributed by atoms with Crippen LogP contribution >= 0.6 is 11.6 Å². The van der Waals surface area contributed by atoms with Gasteiger partial charge in [0.2, 0.25) is 0 Å². The molecule has 4 heteroatoms. The van der Waals surface area contributed by atoms with Crippen molar-refractivity contribution in [1.29, 1.82) is 0 Å². The van der Waals surface area contributed by atoms with Gasteiger partial charge in [-0.25, -0.2) is 0 Å². The monoisotopic (exact) mass is 310 g/mol. The van der Waals surface area contributed by atoms with Crippen LogP contribution in [-0.2, 0) is 0 Å². The standard InChI is InChI=1S/C17H27ClN2O/c1-5-12(3)16-11-20(13(6-2)10-19-16)14-7-8-15(18)17(9-14)21-4/h7-9,12-13,16,19H,5-6,10-11H2,1-4H3. The molecule has 3 unspecified atom stereocenters. The molecule has 0 radical (unpaired) electrons. The molecular formula is C17H27ClN2O. The highest BCUT2D eigenvalue weighted by Crippen LogP contribution is 2.32. The van der Waals surface area contributed by atoms with E-state index in [2.05, 4.69) is 43.1 Å². The Hall–Kier alpha value is -0.930. The highest BCUT2D eigenvalue weighted by Gasteiger charge is 2.29. The molecule has 3 atom stereocenters. The van der Waals surface area contributed by atoms with Gasteiger partial charge in [0, 0.05) is 36.9 Å². The quantitative estimate of drug-likeness (QED) is 0.891. The second-order valence-electron chi connectivity index (χ2n) is 5.93. The van der Waals surface area contributed by atoms with Crippen molar-refractivity contribution in [3.8, 4) is 5.75 Å². The second kappa shape index (κ2) is 7.37. The Labute approximate surface area is 133 Å². The molecule has 1 heterocycles. The van der Waals surface area contributed by atoms with E-state index >= 15 is 0 Å². The Bertz CT molecular complexity index is 466. The zero-order valence-corrected chi connectivity index (χ0v) is 14.3. The van der Waals surface area contributed by atoms with Crippen LogP contribution in [0.3, 0.4) is 0 Å². The zero-order chi connectivity index (χ0) is 15.4. The van der Waals surface area contributed by atoms with Crippen molar-refractivity contribution >= 4 is 17.3 Å². The van der Waals surface area contributed by atoms with Crippen molar-refractivity contribution in [2.24, 2.45) is 5.92 Å². The summed E-state index contributed by atoms with van der Waals surface area (Å²) in [6.07, 6.45) is 2.33. The number of nitrogens with one attached hydrogen (secondary N) is 1. The minimum Gasteiger partial charge on any atom is -0.495 e. The average Bonchev–Trinajstić information content (AvgIpc) is 2.54. The maximum atomic E-state index is 6.15. The lowest BCUT2D eigenvalue weighted by atomic mass is 9.94. The van der Waals surface area contributed by atoms with E-state index in [1.165, 1.54) is 12.1 Å². The first kappa shape index (κ1) is 16.4. The van der Waals surface area contributed by atoms with Crippen LogP contribution in [0.15, 0.2) is 18.2 Å². The van der Waals surface area contributed by atoms with Gasteiger partial charge in [-0.15, -0.1) is 0 Å². The van der Waals surface area contributed by atoms with E-state index in [0.717, 1.165) is 25.3 Å². The van der Waals surface area contributed by atoms with Crippen molar-refractivity contribution in [1.82, 2.24) is 5.32 Å². The first-order valence-corrected chi connectivity index (χ1v) is 8.32. The summed E-state index contributed by atoms with van der Waals surface area (Å²) >= 11 is 6.15. The zero-order valence-electron chi connectivity index (χ0n) is 13.5. The molecule has 3 nitrogen and oxygen atoms in total. The molecule has 1 fully saturated rings. The lowest BCUT2D eigenvalue weighted by Crippen LogP contribution is -2.58. The molecule has 0 saturated carbocycles. The molecule has 0 aliphatic carbocycles. The van der Waals surface area contributed by atoms with E-state index in [1.54, 1.807) is 7.11 Å². The molecule has 21 heavy (non-hydrogen) atoms. The minimum absolute atomic E-state index is 0.524. The van der Waals surface area contributed by atoms with Gasteiger partial charge < -0.3 is 15.0 Å². The van der Waals surface area contributed by atoms with Crippen LogP contribution in [0.1, 0.15) is 33.6 Å². The predicted octanol–water partition coefficient (Wildman–Crippen LogP) is 3.95. The van der Waals surface area contributed by atoms with E-state index in [4.69, 9.17) is 16.3 Å². The van der Waals surface area contributed by atoms with Gasteiger partial charge in [0.1, 0.15) is 5.75 Å². The molecule has 0 bridgehead atoms. The number of rotatable bonds is 5. The second-order valence-corrected chi connectivity index (χ2v) is 6.34. The highest BCUT2D eigenvalue weighted by atomic mass is 35.5. The van der Waals surface area contributed by atoms with Gasteiger partial charge in [0.25, 0.3) is 0 Å². The van der Waals surface area contributed by atoms with Crippen LogP contribution in [0, 0.1) is 5.92 Å². The third kappa shape index (κ3) is 3.64. The SMILES string of the molecule is CCC(C)C1CN(c2ccc(Cl)c(OC)c2)C(CC)CN1. The largest absolute Gasteiger partial charge is 0.495 e. The molecule has 1 aliphatic heterocycles. The summed E-state index contributed by atoms with van der Waals surface area (Å²) in [6, 6.07) is 7.16. The number of methoxy groups -OCH3 is 1. The van der Waals surface area contributed by atoms with Gasteiger partial charge in [0.05, 0.1) is 12.1 Å². The number of nitrogens with zero attached hydrogens (tertiary/aromatic N) is 1. The van der Waals surface area contributed by atoms with Crippen LogP contribution in [0.5, 0.6) is 5.75 Å². The number of ether oxygens (including phenoxy) is 1. The molecule has 118 valence electrons. The smallest absolute Gasteiger partial charge is 0.139 e. The number of hydrogen-bond acceptors (Lipinski definition) is 3. The molecule has 0 aromatic heterocycles. The predicted molar refractivity (Wildman–Crippen MR) is 90.7 cm³/mol.